The van der Waals surface area contributed by atoms with Gasteiger partial charge >= 0.3 is 5.97 Å². The number of hydrogen-bond donors (Lipinski definition) is 1. The van der Waals surface area contributed by atoms with Crippen molar-refractivity contribution in [3.05, 3.63) is 89.5 Å². The van der Waals surface area contributed by atoms with Crippen molar-refractivity contribution in [3.63, 3.8) is 0 Å². The minimum absolute atomic E-state index is 0.0707. The number of carbonyl (C=O) groups excluding carboxylic acids is 1. The zero-order chi connectivity index (χ0) is 23.1. The van der Waals surface area contributed by atoms with Gasteiger partial charge in [0.05, 0.1) is 30.0 Å². The lowest BCUT2D eigenvalue weighted by Crippen LogP contribution is -2.53. The van der Waals surface area contributed by atoms with E-state index in [1.165, 1.54) is 0 Å². The van der Waals surface area contributed by atoms with E-state index >= 15 is 0 Å². The van der Waals surface area contributed by atoms with Gasteiger partial charge in [0.1, 0.15) is 0 Å². The number of rotatable bonds is 8. The van der Waals surface area contributed by atoms with Crippen molar-refractivity contribution in [2.75, 3.05) is 19.7 Å². The zero-order valence-electron chi connectivity index (χ0n) is 19.0. The number of aromatic amines is 1. The lowest BCUT2D eigenvalue weighted by molar-refractivity contribution is -0.163. The Kier molecular flexibility index (Phi) is 7.21. The molecule has 1 aliphatic heterocycles. The molecule has 1 fully saturated rings. The number of nitriles is 1. The molecule has 170 valence electrons. The minimum atomic E-state index is -0.601. The van der Waals surface area contributed by atoms with Crippen molar-refractivity contribution >= 4 is 5.97 Å². The first-order chi connectivity index (χ1) is 16.1. The van der Waals surface area contributed by atoms with E-state index in [-0.39, 0.29) is 11.9 Å². The Morgan fingerprint density at radius 3 is 2.67 bits per heavy atom. The van der Waals surface area contributed by atoms with Crippen LogP contribution in [0.15, 0.2) is 67.1 Å². The lowest BCUT2D eigenvalue weighted by atomic mass is 9.64. The van der Waals surface area contributed by atoms with Gasteiger partial charge in [-0.3, -0.25) is 9.69 Å². The molecule has 2 heterocycles. The number of ether oxygens (including phenoxy) is 1. The van der Waals surface area contributed by atoms with Gasteiger partial charge in [-0.25, -0.2) is 4.98 Å². The third kappa shape index (κ3) is 5.32. The molecule has 1 aromatic heterocycles. The van der Waals surface area contributed by atoms with Gasteiger partial charge in [0.15, 0.2) is 0 Å². The molecule has 0 radical (unpaired) electrons. The highest BCUT2D eigenvalue weighted by Gasteiger charge is 2.49. The van der Waals surface area contributed by atoms with E-state index in [9.17, 15) is 4.79 Å². The van der Waals surface area contributed by atoms with Crippen LogP contribution in [0, 0.1) is 22.7 Å². The Balaban J connectivity index is 1.66. The summed E-state index contributed by atoms with van der Waals surface area (Å²) in [6, 6.07) is 20.1. The first kappa shape index (κ1) is 22.8. The summed E-state index contributed by atoms with van der Waals surface area (Å²) in [6.45, 7) is 4.61. The molecule has 6 heteroatoms. The summed E-state index contributed by atoms with van der Waals surface area (Å²) in [6.07, 6.45) is 5.69. The topological polar surface area (TPSA) is 82.0 Å². The highest BCUT2D eigenvalue weighted by Crippen LogP contribution is 2.43. The fourth-order valence-corrected chi connectivity index (χ4v) is 4.96. The standard InChI is InChI=1S/C27H30N4O2/c1-2-33-26(32)27(15-22-6-4-3-5-7-22)12-13-31(19-25-17-29-20-30-25)18-24(27)14-21-8-10-23(16-28)11-9-21/h3-11,17,20,24H,2,12-15,18-19H2,1H3,(H,29,30). The number of nitrogens with one attached hydrogen (secondary N) is 1. The monoisotopic (exact) mass is 442 g/mol. The molecule has 4 rings (SSSR count). The summed E-state index contributed by atoms with van der Waals surface area (Å²) >= 11 is 0. The van der Waals surface area contributed by atoms with Gasteiger partial charge < -0.3 is 9.72 Å². The Morgan fingerprint density at radius 1 is 1.21 bits per heavy atom. The summed E-state index contributed by atoms with van der Waals surface area (Å²) in [4.78, 5) is 23.3. The molecule has 1 saturated heterocycles. The number of H-pyrrole nitrogens is 1. The number of esters is 1. The van der Waals surface area contributed by atoms with Crippen molar-refractivity contribution in [2.45, 2.75) is 32.7 Å². The van der Waals surface area contributed by atoms with Gasteiger partial charge in [-0.2, -0.15) is 5.26 Å². The molecular formula is C27H30N4O2. The van der Waals surface area contributed by atoms with Crippen molar-refractivity contribution in [1.29, 1.82) is 5.26 Å². The number of aromatic nitrogens is 2. The average molecular weight is 443 g/mol. The SMILES string of the molecule is CCOC(=O)C1(Cc2ccccc2)CCN(Cc2cnc[nH]2)CC1Cc1ccc(C#N)cc1. The van der Waals surface area contributed by atoms with Crippen LogP contribution in [0.2, 0.25) is 0 Å². The van der Waals surface area contributed by atoms with Crippen LogP contribution in [0.4, 0.5) is 0 Å². The third-order valence-corrected chi connectivity index (χ3v) is 6.69. The second-order valence-electron chi connectivity index (χ2n) is 8.81. The van der Waals surface area contributed by atoms with Crippen LogP contribution >= 0.6 is 0 Å². The van der Waals surface area contributed by atoms with Crippen LogP contribution in [-0.4, -0.2) is 40.5 Å². The van der Waals surface area contributed by atoms with Crippen LogP contribution < -0.4 is 0 Å². The normalized spacial score (nSPS) is 20.8. The van der Waals surface area contributed by atoms with Gasteiger partial charge in [-0.05, 0) is 61.9 Å². The van der Waals surface area contributed by atoms with E-state index in [4.69, 9.17) is 10.00 Å². The van der Waals surface area contributed by atoms with E-state index in [1.807, 2.05) is 55.6 Å². The maximum Gasteiger partial charge on any atom is 0.312 e. The van der Waals surface area contributed by atoms with Crippen molar-refractivity contribution in [1.82, 2.24) is 14.9 Å². The quantitative estimate of drug-likeness (QED) is 0.530. The first-order valence-corrected chi connectivity index (χ1v) is 11.5. The third-order valence-electron chi connectivity index (χ3n) is 6.69. The Labute approximate surface area is 195 Å². The second kappa shape index (κ2) is 10.5. The number of imidazole rings is 1. The smallest absolute Gasteiger partial charge is 0.312 e. The van der Waals surface area contributed by atoms with Gasteiger partial charge in [-0.15, -0.1) is 0 Å². The van der Waals surface area contributed by atoms with E-state index in [0.29, 0.717) is 18.6 Å². The first-order valence-electron chi connectivity index (χ1n) is 11.5. The van der Waals surface area contributed by atoms with E-state index < -0.39 is 5.41 Å². The second-order valence-corrected chi connectivity index (χ2v) is 8.81. The van der Waals surface area contributed by atoms with Crippen LogP contribution in [0.25, 0.3) is 0 Å². The molecule has 3 aromatic rings. The highest BCUT2D eigenvalue weighted by molar-refractivity contribution is 5.78. The molecule has 2 aromatic carbocycles. The summed E-state index contributed by atoms with van der Waals surface area (Å²) < 4.78 is 5.69. The molecule has 0 saturated carbocycles. The molecule has 2 unspecified atom stereocenters. The largest absolute Gasteiger partial charge is 0.466 e. The number of hydrogen-bond acceptors (Lipinski definition) is 5. The maximum atomic E-state index is 13.5. The number of carbonyl (C=O) groups is 1. The maximum absolute atomic E-state index is 13.5. The molecule has 0 spiro atoms. The Morgan fingerprint density at radius 2 is 2.00 bits per heavy atom. The van der Waals surface area contributed by atoms with Crippen molar-refractivity contribution in [2.24, 2.45) is 11.3 Å². The van der Waals surface area contributed by atoms with Gasteiger partial charge in [0.2, 0.25) is 0 Å². The summed E-state index contributed by atoms with van der Waals surface area (Å²) in [5.41, 5.74) is 3.39. The van der Waals surface area contributed by atoms with Crippen LogP contribution in [-0.2, 0) is 28.9 Å². The predicted molar refractivity (Wildman–Crippen MR) is 126 cm³/mol. The molecule has 0 bridgehead atoms. The number of likely N-dealkylation sites (tertiary alicyclic amines) is 1. The summed E-state index contributed by atoms with van der Waals surface area (Å²) in [5, 5.41) is 9.16. The van der Waals surface area contributed by atoms with Crippen molar-refractivity contribution < 1.29 is 9.53 Å². The summed E-state index contributed by atoms with van der Waals surface area (Å²) in [5.74, 6) is -0.0324. The minimum Gasteiger partial charge on any atom is -0.466 e. The van der Waals surface area contributed by atoms with E-state index in [2.05, 4.69) is 33.1 Å². The van der Waals surface area contributed by atoms with Crippen molar-refractivity contribution in [3.8, 4) is 6.07 Å². The zero-order valence-corrected chi connectivity index (χ0v) is 19.0. The van der Waals surface area contributed by atoms with E-state index in [0.717, 1.165) is 49.3 Å². The molecule has 33 heavy (non-hydrogen) atoms. The van der Waals surface area contributed by atoms with Gasteiger partial charge in [-0.1, -0.05) is 42.5 Å². The predicted octanol–water partition coefficient (Wildman–Crippen LogP) is 4.14. The summed E-state index contributed by atoms with van der Waals surface area (Å²) in [7, 11) is 0. The number of benzene rings is 2. The molecule has 2 atom stereocenters. The van der Waals surface area contributed by atoms with Gasteiger partial charge in [0, 0.05) is 25.0 Å². The fourth-order valence-electron chi connectivity index (χ4n) is 4.96. The van der Waals surface area contributed by atoms with Crippen LogP contribution in [0.3, 0.4) is 0 Å². The highest BCUT2D eigenvalue weighted by atomic mass is 16.5. The fraction of sp³-hybridized carbons (Fsp3) is 0.370. The average Bonchev–Trinajstić information content (AvgIpc) is 3.35. The van der Waals surface area contributed by atoms with E-state index in [1.54, 1.807) is 6.33 Å². The van der Waals surface area contributed by atoms with Gasteiger partial charge in [0.25, 0.3) is 0 Å². The Bertz CT molecular complexity index is 1070. The van der Waals surface area contributed by atoms with Crippen LogP contribution in [0.5, 0.6) is 0 Å². The number of piperidine rings is 1. The molecule has 1 N–H and O–H groups in total. The molecular weight excluding hydrogens is 412 g/mol. The number of nitrogens with zero attached hydrogens (tertiary/aromatic N) is 3. The molecule has 0 amide bonds. The lowest BCUT2D eigenvalue weighted by Gasteiger charge is -2.46. The molecule has 1 aliphatic rings. The molecule has 0 aliphatic carbocycles. The molecule has 6 nitrogen and oxygen atoms in total. The van der Waals surface area contributed by atoms with Crippen LogP contribution in [0.1, 0.15) is 35.7 Å². The Hall–Kier alpha value is -3.43.